The fourth-order valence-corrected chi connectivity index (χ4v) is 3.32. The molecular formula is C17H15N3O2S. The van der Waals surface area contributed by atoms with Crippen molar-refractivity contribution in [2.24, 2.45) is 5.92 Å². The molecule has 0 unspecified atom stereocenters. The first-order valence-corrected chi connectivity index (χ1v) is 8.03. The first-order chi connectivity index (χ1) is 11.0. The molecule has 0 spiro atoms. The first kappa shape index (κ1) is 15.3. The topological polar surface area (TPSA) is 78.9 Å². The molecule has 0 atom stereocenters. The van der Waals surface area contributed by atoms with Crippen LogP contribution >= 0.6 is 11.3 Å². The minimum Gasteiger partial charge on any atom is -0.477 e. The van der Waals surface area contributed by atoms with E-state index in [0.717, 1.165) is 34.3 Å². The summed E-state index contributed by atoms with van der Waals surface area (Å²) in [4.78, 5) is 15.4. The van der Waals surface area contributed by atoms with Gasteiger partial charge in [-0.2, -0.15) is 5.26 Å². The van der Waals surface area contributed by atoms with E-state index in [1.54, 1.807) is 0 Å². The molecule has 116 valence electrons. The second kappa shape index (κ2) is 5.86. The zero-order valence-corrected chi connectivity index (χ0v) is 13.6. The van der Waals surface area contributed by atoms with Gasteiger partial charge in [-0.1, -0.05) is 13.8 Å². The van der Waals surface area contributed by atoms with E-state index in [9.17, 15) is 10.1 Å². The molecule has 0 saturated heterocycles. The predicted octanol–water partition coefficient (Wildman–Crippen LogP) is 3.99. The highest BCUT2D eigenvalue weighted by Crippen LogP contribution is 2.30. The lowest BCUT2D eigenvalue weighted by Crippen LogP contribution is -2.02. The number of thiazole rings is 1. The largest absolute Gasteiger partial charge is 0.477 e. The molecule has 2 aromatic heterocycles. The van der Waals surface area contributed by atoms with Crippen molar-refractivity contribution in [3.05, 3.63) is 41.0 Å². The van der Waals surface area contributed by atoms with Crippen molar-refractivity contribution in [3.8, 4) is 16.6 Å². The van der Waals surface area contributed by atoms with Crippen LogP contribution in [0.4, 0.5) is 0 Å². The molecule has 6 heteroatoms. The zero-order valence-electron chi connectivity index (χ0n) is 12.8. The number of carboxylic acids is 1. The second-order valence-corrected chi connectivity index (χ2v) is 6.80. The van der Waals surface area contributed by atoms with Crippen molar-refractivity contribution in [2.45, 2.75) is 20.4 Å². The molecule has 1 N–H and O–H groups in total. The molecule has 2 heterocycles. The van der Waals surface area contributed by atoms with E-state index in [4.69, 9.17) is 5.11 Å². The summed E-state index contributed by atoms with van der Waals surface area (Å²) in [6.07, 6.45) is 3.24. The van der Waals surface area contributed by atoms with Gasteiger partial charge in [0.2, 0.25) is 0 Å². The molecular weight excluding hydrogens is 310 g/mol. The number of aromatic nitrogens is 2. The number of nitriles is 1. The third-order valence-electron chi connectivity index (χ3n) is 3.53. The average Bonchev–Trinajstić information content (AvgIpc) is 3.11. The Morgan fingerprint density at radius 1 is 1.48 bits per heavy atom. The SMILES string of the molecule is CC(C)Cn1cc(C#N)c2cc(-c3ncc(C(=O)O)s3)ccc21. The molecule has 0 saturated carbocycles. The molecule has 0 bridgehead atoms. The molecule has 0 amide bonds. The Hall–Kier alpha value is -2.65. The maximum atomic E-state index is 11.0. The van der Waals surface area contributed by atoms with Gasteiger partial charge in [-0.25, -0.2) is 9.78 Å². The van der Waals surface area contributed by atoms with Crippen molar-refractivity contribution in [1.82, 2.24) is 9.55 Å². The van der Waals surface area contributed by atoms with Crippen LogP contribution in [0.5, 0.6) is 0 Å². The van der Waals surface area contributed by atoms with Gasteiger partial charge in [0.05, 0.1) is 11.8 Å². The van der Waals surface area contributed by atoms with Crippen molar-refractivity contribution in [3.63, 3.8) is 0 Å². The molecule has 0 aliphatic heterocycles. The fourth-order valence-electron chi connectivity index (χ4n) is 2.57. The summed E-state index contributed by atoms with van der Waals surface area (Å²) in [6, 6.07) is 8.04. The maximum absolute atomic E-state index is 11.0. The van der Waals surface area contributed by atoms with Crippen molar-refractivity contribution >= 4 is 28.2 Å². The number of benzene rings is 1. The maximum Gasteiger partial charge on any atom is 0.347 e. The number of aromatic carboxylic acids is 1. The van der Waals surface area contributed by atoms with Crippen molar-refractivity contribution in [1.29, 1.82) is 5.26 Å². The quantitative estimate of drug-likeness (QED) is 0.786. The number of hydrogen-bond acceptors (Lipinski definition) is 4. The highest BCUT2D eigenvalue weighted by atomic mass is 32.1. The Morgan fingerprint density at radius 3 is 2.87 bits per heavy atom. The van der Waals surface area contributed by atoms with Gasteiger partial charge in [-0.05, 0) is 24.1 Å². The summed E-state index contributed by atoms with van der Waals surface area (Å²) in [5, 5.41) is 19.9. The van der Waals surface area contributed by atoms with Gasteiger partial charge in [-0.15, -0.1) is 11.3 Å². The Bertz CT molecular complexity index is 931. The van der Waals surface area contributed by atoms with Gasteiger partial charge < -0.3 is 9.67 Å². The highest BCUT2D eigenvalue weighted by Gasteiger charge is 2.14. The summed E-state index contributed by atoms with van der Waals surface area (Å²) in [6.45, 7) is 5.11. The fraction of sp³-hybridized carbons (Fsp3) is 0.235. The zero-order chi connectivity index (χ0) is 16.6. The second-order valence-electron chi connectivity index (χ2n) is 5.77. The van der Waals surface area contributed by atoms with Gasteiger partial charge in [0.15, 0.2) is 0 Å². The molecule has 3 aromatic rings. The molecule has 3 rings (SSSR count). The summed E-state index contributed by atoms with van der Waals surface area (Å²) in [5.41, 5.74) is 2.46. The van der Waals surface area contributed by atoms with E-state index in [1.165, 1.54) is 6.20 Å². The van der Waals surface area contributed by atoms with Crippen LogP contribution in [0.15, 0.2) is 30.6 Å². The number of carboxylic acid groups (broad SMARTS) is 1. The molecule has 23 heavy (non-hydrogen) atoms. The van der Waals surface area contributed by atoms with E-state index in [1.807, 2.05) is 24.4 Å². The summed E-state index contributed by atoms with van der Waals surface area (Å²) >= 11 is 1.13. The summed E-state index contributed by atoms with van der Waals surface area (Å²) in [5.74, 6) is -0.496. The lowest BCUT2D eigenvalue weighted by molar-refractivity contribution is 0.0702. The number of rotatable bonds is 4. The number of nitrogens with zero attached hydrogens (tertiary/aromatic N) is 3. The van der Waals surface area contributed by atoms with Gasteiger partial charge in [0.1, 0.15) is 16.0 Å². The van der Waals surface area contributed by atoms with Crippen molar-refractivity contribution in [2.75, 3.05) is 0 Å². The third kappa shape index (κ3) is 2.83. The predicted molar refractivity (Wildman–Crippen MR) is 89.6 cm³/mol. The molecule has 5 nitrogen and oxygen atoms in total. The van der Waals surface area contributed by atoms with E-state index in [-0.39, 0.29) is 4.88 Å². The average molecular weight is 325 g/mol. The van der Waals surface area contributed by atoms with Crippen LogP contribution in [-0.4, -0.2) is 20.6 Å². The number of fused-ring (bicyclic) bond motifs is 1. The van der Waals surface area contributed by atoms with E-state index >= 15 is 0 Å². The monoisotopic (exact) mass is 325 g/mol. The first-order valence-electron chi connectivity index (χ1n) is 7.22. The van der Waals surface area contributed by atoms with Crippen LogP contribution in [0.2, 0.25) is 0 Å². The lowest BCUT2D eigenvalue weighted by atomic mass is 10.1. The number of hydrogen-bond donors (Lipinski definition) is 1. The van der Waals surface area contributed by atoms with Gasteiger partial charge in [0.25, 0.3) is 0 Å². The van der Waals surface area contributed by atoms with Crippen LogP contribution in [0.25, 0.3) is 21.5 Å². The Morgan fingerprint density at radius 2 is 2.26 bits per heavy atom. The van der Waals surface area contributed by atoms with Crippen LogP contribution in [0.1, 0.15) is 29.1 Å². The molecule has 0 aliphatic rings. The standard InChI is InChI=1S/C17H15N3O2S/c1-10(2)8-20-9-12(6-18)13-5-11(3-4-14(13)20)16-19-7-15(23-16)17(21)22/h3-5,7,9-10H,8H2,1-2H3,(H,21,22). The molecule has 0 aliphatic carbocycles. The Balaban J connectivity index is 2.11. The van der Waals surface area contributed by atoms with Crippen LogP contribution < -0.4 is 0 Å². The number of carbonyl (C=O) groups is 1. The molecule has 0 fully saturated rings. The summed E-state index contributed by atoms with van der Waals surface area (Å²) in [7, 11) is 0. The minimum absolute atomic E-state index is 0.206. The highest BCUT2D eigenvalue weighted by molar-refractivity contribution is 7.16. The molecule has 1 aromatic carbocycles. The third-order valence-corrected chi connectivity index (χ3v) is 4.56. The van der Waals surface area contributed by atoms with Crippen LogP contribution in [-0.2, 0) is 6.54 Å². The van der Waals surface area contributed by atoms with E-state index < -0.39 is 5.97 Å². The molecule has 0 radical (unpaired) electrons. The minimum atomic E-state index is -0.976. The van der Waals surface area contributed by atoms with Crippen molar-refractivity contribution < 1.29 is 9.90 Å². The van der Waals surface area contributed by atoms with E-state index in [2.05, 4.69) is 29.5 Å². The van der Waals surface area contributed by atoms with Crippen LogP contribution in [0, 0.1) is 17.2 Å². The smallest absolute Gasteiger partial charge is 0.347 e. The summed E-state index contributed by atoms with van der Waals surface area (Å²) < 4.78 is 2.09. The Kier molecular flexibility index (Phi) is 3.89. The van der Waals surface area contributed by atoms with E-state index in [0.29, 0.717) is 16.5 Å². The normalized spacial score (nSPS) is 11.0. The van der Waals surface area contributed by atoms with Gasteiger partial charge in [0, 0.05) is 29.2 Å². The Labute approximate surface area is 137 Å². The van der Waals surface area contributed by atoms with Gasteiger partial charge in [-0.3, -0.25) is 0 Å². The lowest BCUT2D eigenvalue weighted by Gasteiger charge is -2.08. The van der Waals surface area contributed by atoms with Crippen LogP contribution in [0.3, 0.4) is 0 Å². The van der Waals surface area contributed by atoms with Gasteiger partial charge >= 0.3 is 5.97 Å².